The van der Waals surface area contributed by atoms with E-state index in [0.717, 1.165) is 17.6 Å². The second-order valence-electron chi connectivity index (χ2n) is 6.35. The molecule has 0 fully saturated rings. The van der Waals surface area contributed by atoms with Crippen molar-refractivity contribution in [3.63, 3.8) is 0 Å². The molecule has 1 nitrogen and oxygen atoms in total. The lowest BCUT2D eigenvalue weighted by Crippen LogP contribution is -2.21. The number of hydrogen-bond acceptors (Lipinski definition) is 1. The molecule has 1 radical (unpaired) electrons. The van der Waals surface area contributed by atoms with E-state index in [2.05, 4.69) is 54.0 Å². The molecule has 0 heterocycles. The van der Waals surface area contributed by atoms with E-state index in [4.69, 9.17) is 0 Å². The fourth-order valence-corrected chi connectivity index (χ4v) is 1.90. The predicted molar refractivity (Wildman–Crippen MR) is 65.6 cm³/mol. The Morgan fingerprint density at radius 2 is 1.53 bits per heavy atom. The minimum atomic E-state index is 0.0114. The second-order valence-corrected chi connectivity index (χ2v) is 6.35. The maximum absolute atomic E-state index is 10.3. The van der Waals surface area contributed by atoms with Crippen LogP contribution >= 0.6 is 0 Å². The average molecular weight is 207 g/mol. The van der Waals surface area contributed by atoms with Crippen molar-refractivity contribution in [2.45, 2.75) is 48.0 Å². The fraction of sp³-hybridized carbons (Fsp3) is 0.643. The van der Waals surface area contributed by atoms with Crippen LogP contribution in [0.5, 0.6) is 0 Å². The van der Waals surface area contributed by atoms with Crippen LogP contribution in [-0.2, 0) is 0 Å². The van der Waals surface area contributed by atoms with Crippen LogP contribution in [0.2, 0.25) is 0 Å². The Hall–Kier alpha value is -0.720. The summed E-state index contributed by atoms with van der Waals surface area (Å²) in [5, 5.41) is 10.3. The van der Waals surface area contributed by atoms with E-state index in [9.17, 15) is 5.11 Å². The molecule has 85 valence electrons. The molecule has 1 rings (SSSR count). The number of rotatable bonds is 0. The third-order valence-electron chi connectivity index (χ3n) is 2.86. The van der Waals surface area contributed by atoms with Gasteiger partial charge in [-0.25, -0.2) is 0 Å². The Morgan fingerprint density at radius 1 is 1.00 bits per heavy atom. The third-order valence-corrected chi connectivity index (χ3v) is 2.86. The Balaban J connectivity index is 3.16. The van der Waals surface area contributed by atoms with E-state index in [0.29, 0.717) is 5.76 Å². The van der Waals surface area contributed by atoms with Gasteiger partial charge in [0.2, 0.25) is 0 Å². The van der Waals surface area contributed by atoms with Crippen LogP contribution in [0, 0.1) is 17.3 Å². The summed E-state index contributed by atoms with van der Waals surface area (Å²) >= 11 is 0. The van der Waals surface area contributed by atoms with Crippen LogP contribution in [0.3, 0.4) is 0 Å². The van der Waals surface area contributed by atoms with E-state index in [1.54, 1.807) is 0 Å². The molecule has 1 heteroatoms. The van der Waals surface area contributed by atoms with Gasteiger partial charge >= 0.3 is 0 Å². The molecule has 0 amide bonds. The first kappa shape index (κ1) is 12.4. The van der Waals surface area contributed by atoms with Crippen molar-refractivity contribution in [3.8, 4) is 0 Å². The van der Waals surface area contributed by atoms with Crippen molar-refractivity contribution < 1.29 is 5.11 Å². The lowest BCUT2D eigenvalue weighted by atomic mass is 9.74. The highest BCUT2D eigenvalue weighted by atomic mass is 16.3. The lowest BCUT2D eigenvalue weighted by molar-refractivity contribution is 0.343. The Kier molecular flexibility index (Phi) is 3.04. The molecular formula is C14H23O. The first-order chi connectivity index (χ1) is 6.64. The summed E-state index contributed by atoms with van der Waals surface area (Å²) < 4.78 is 0. The Labute approximate surface area is 93.9 Å². The highest BCUT2D eigenvalue weighted by Crippen LogP contribution is 2.41. The Bertz CT molecular complexity index is 305. The smallest absolute Gasteiger partial charge is 0.118 e. The maximum Gasteiger partial charge on any atom is 0.118 e. The molecule has 1 N–H and O–H groups in total. The monoisotopic (exact) mass is 207 g/mol. The zero-order valence-corrected chi connectivity index (χ0v) is 10.8. The molecule has 0 spiro atoms. The summed E-state index contributed by atoms with van der Waals surface area (Å²) in [6, 6.07) is 0. The minimum absolute atomic E-state index is 0.0114. The van der Waals surface area contributed by atoms with Crippen molar-refractivity contribution in [3.05, 3.63) is 29.4 Å². The minimum Gasteiger partial charge on any atom is -0.508 e. The summed E-state index contributed by atoms with van der Waals surface area (Å²) in [5.41, 5.74) is 2.26. The lowest BCUT2D eigenvalue weighted by Gasteiger charge is -2.32. The van der Waals surface area contributed by atoms with Crippen LogP contribution in [0.4, 0.5) is 0 Å². The molecule has 0 aromatic heterocycles. The van der Waals surface area contributed by atoms with Crippen LogP contribution in [0.1, 0.15) is 48.0 Å². The molecule has 15 heavy (non-hydrogen) atoms. The summed E-state index contributed by atoms with van der Waals surface area (Å²) in [5.74, 6) is 0.512. The van der Waals surface area contributed by atoms with Crippen molar-refractivity contribution in [1.82, 2.24) is 0 Å². The Morgan fingerprint density at radius 3 is 1.93 bits per heavy atom. The largest absolute Gasteiger partial charge is 0.508 e. The van der Waals surface area contributed by atoms with Gasteiger partial charge in [0.1, 0.15) is 5.76 Å². The van der Waals surface area contributed by atoms with Gasteiger partial charge in [-0.2, -0.15) is 0 Å². The van der Waals surface area contributed by atoms with Crippen molar-refractivity contribution in [1.29, 1.82) is 0 Å². The first-order valence-corrected chi connectivity index (χ1v) is 5.61. The molecule has 1 aliphatic rings. The van der Waals surface area contributed by atoms with E-state index < -0.39 is 0 Å². The maximum atomic E-state index is 10.3. The van der Waals surface area contributed by atoms with Gasteiger partial charge in [0.15, 0.2) is 0 Å². The van der Waals surface area contributed by atoms with Crippen LogP contribution in [0.25, 0.3) is 0 Å². The normalized spacial score (nSPS) is 19.2. The third kappa shape index (κ3) is 2.64. The van der Waals surface area contributed by atoms with Gasteiger partial charge in [-0.1, -0.05) is 47.6 Å². The summed E-state index contributed by atoms with van der Waals surface area (Å²) in [4.78, 5) is 0. The van der Waals surface area contributed by atoms with Gasteiger partial charge in [0.25, 0.3) is 0 Å². The number of hydrogen-bond donors (Lipinski definition) is 1. The van der Waals surface area contributed by atoms with Gasteiger partial charge < -0.3 is 5.11 Å². The summed E-state index contributed by atoms with van der Waals surface area (Å²) in [6.45, 7) is 12.9. The second kappa shape index (κ2) is 3.70. The van der Waals surface area contributed by atoms with E-state index >= 15 is 0 Å². The highest BCUT2D eigenvalue weighted by Gasteiger charge is 2.30. The SMILES string of the molecule is CC(C)(C)C1=C[CH]CC(C(C)(C)C)=C1O. The molecule has 0 saturated carbocycles. The van der Waals surface area contributed by atoms with E-state index in [1.165, 1.54) is 0 Å². The first-order valence-electron chi connectivity index (χ1n) is 5.61. The zero-order valence-electron chi connectivity index (χ0n) is 10.8. The molecule has 0 saturated heterocycles. The number of aliphatic hydroxyl groups excluding tert-OH is 1. The molecule has 1 aliphatic carbocycles. The fourth-order valence-electron chi connectivity index (χ4n) is 1.90. The predicted octanol–water partition coefficient (Wildman–Crippen LogP) is 4.43. The molecule has 0 bridgehead atoms. The number of allylic oxidation sites excluding steroid dienone is 3. The van der Waals surface area contributed by atoms with Gasteiger partial charge in [-0.3, -0.25) is 0 Å². The van der Waals surface area contributed by atoms with Gasteiger partial charge in [-0.05, 0) is 34.8 Å². The van der Waals surface area contributed by atoms with Crippen molar-refractivity contribution in [2.24, 2.45) is 10.8 Å². The quantitative estimate of drug-likeness (QED) is 0.623. The van der Waals surface area contributed by atoms with Crippen LogP contribution in [-0.4, -0.2) is 5.11 Å². The van der Waals surface area contributed by atoms with Gasteiger partial charge in [0.05, 0.1) is 0 Å². The van der Waals surface area contributed by atoms with Gasteiger partial charge in [-0.15, -0.1) is 0 Å². The van der Waals surface area contributed by atoms with Gasteiger partial charge in [0, 0.05) is 0 Å². The topological polar surface area (TPSA) is 20.2 Å². The molecule has 0 unspecified atom stereocenters. The molecular weight excluding hydrogens is 184 g/mol. The average Bonchev–Trinajstić information content (AvgIpc) is 1.99. The number of aliphatic hydroxyl groups is 1. The highest BCUT2D eigenvalue weighted by molar-refractivity contribution is 5.42. The summed E-state index contributed by atoms with van der Waals surface area (Å²) in [6.07, 6.45) is 5.08. The standard InChI is InChI=1S/C14H23O/c1-13(2,3)10-8-7-9-11(12(10)15)14(4,5)6/h7-8,15H,9H2,1-6H3. The van der Waals surface area contributed by atoms with Crippen LogP contribution in [0.15, 0.2) is 23.0 Å². The molecule has 0 aromatic rings. The van der Waals surface area contributed by atoms with Crippen molar-refractivity contribution >= 4 is 0 Å². The van der Waals surface area contributed by atoms with Crippen molar-refractivity contribution in [2.75, 3.05) is 0 Å². The molecule has 0 aromatic carbocycles. The summed E-state index contributed by atoms with van der Waals surface area (Å²) in [7, 11) is 0. The molecule has 0 aliphatic heterocycles. The van der Waals surface area contributed by atoms with E-state index in [-0.39, 0.29) is 10.8 Å². The zero-order chi connectivity index (χ0) is 11.9. The molecule has 0 atom stereocenters. The van der Waals surface area contributed by atoms with Crippen LogP contribution < -0.4 is 0 Å². The van der Waals surface area contributed by atoms with E-state index in [1.807, 2.05) is 0 Å².